The molecule has 0 saturated carbocycles. The molecule has 0 atom stereocenters. The van der Waals surface area contributed by atoms with Crippen LogP contribution in [0.3, 0.4) is 0 Å². The summed E-state index contributed by atoms with van der Waals surface area (Å²) in [7, 11) is -3.27. The number of carbonyl (C=O) groups is 1. The van der Waals surface area contributed by atoms with Crippen LogP contribution in [0.1, 0.15) is 0 Å². The van der Waals surface area contributed by atoms with E-state index in [0.29, 0.717) is 31.9 Å². The lowest BCUT2D eigenvalue weighted by atomic mass is 10.2. The van der Waals surface area contributed by atoms with Crippen molar-refractivity contribution in [2.45, 2.75) is 0 Å². The van der Waals surface area contributed by atoms with E-state index in [1.54, 1.807) is 4.90 Å². The number of rotatable bonds is 3. The summed E-state index contributed by atoms with van der Waals surface area (Å²) in [6, 6.07) is 7.59. The van der Waals surface area contributed by atoms with Crippen LogP contribution >= 0.6 is 0 Å². The first-order valence-electron chi connectivity index (χ1n) is 6.42. The van der Waals surface area contributed by atoms with E-state index in [1.807, 2.05) is 24.3 Å². The minimum absolute atomic E-state index is 0.326. The lowest BCUT2D eigenvalue weighted by molar-refractivity contribution is -0.128. The number of nitrogen functional groups attached to an aromatic ring is 1. The highest BCUT2D eigenvalue weighted by Gasteiger charge is 2.24. The maximum atomic E-state index is 11.8. The van der Waals surface area contributed by atoms with E-state index in [-0.39, 0.29) is 5.91 Å². The molecule has 0 radical (unpaired) electrons. The molecule has 110 valence electrons. The minimum Gasteiger partial charge on any atom is -0.397 e. The summed E-state index contributed by atoms with van der Waals surface area (Å²) >= 11 is 0. The first kappa shape index (κ1) is 14.6. The van der Waals surface area contributed by atoms with Gasteiger partial charge in [-0.3, -0.25) is 4.79 Å². The van der Waals surface area contributed by atoms with E-state index in [9.17, 15) is 13.2 Å². The Morgan fingerprint density at radius 1 is 1.20 bits per heavy atom. The third kappa shape index (κ3) is 3.63. The zero-order valence-corrected chi connectivity index (χ0v) is 12.3. The second kappa shape index (κ2) is 5.70. The normalized spacial score (nSPS) is 16.2. The molecule has 1 fully saturated rings. The standard InChI is InChI=1S/C13H19N3O3S/c1-20(18,19)10-13(17)16-8-6-15(7-9-16)12-5-3-2-4-11(12)14/h2-5H,6-10,14H2,1H3. The van der Waals surface area contributed by atoms with Gasteiger partial charge in [0.25, 0.3) is 0 Å². The van der Waals surface area contributed by atoms with E-state index >= 15 is 0 Å². The van der Waals surface area contributed by atoms with Gasteiger partial charge in [0.2, 0.25) is 5.91 Å². The fourth-order valence-corrected chi connectivity index (χ4v) is 2.92. The molecular formula is C13H19N3O3S. The molecule has 0 spiro atoms. The number of nitrogens with two attached hydrogens (primary N) is 1. The lowest BCUT2D eigenvalue weighted by Crippen LogP contribution is -2.50. The first-order chi connectivity index (χ1) is 9.37. The van der Waals surface area contributed by atoms with Crippen molar-refractivity contribution in [3.05, 3.63) is 24.3 Å². The molecule has 1 aromatic carbocycles. The summed E-state index contributed by atoms with van der Waals surface area (Å²) in [6.45, 7) is 2.35. The van der Waals surface area contributed by atoms with Crippen molar-refractivity contribution in [1.82, 2.24) is 4.90 Å². The highest BCUT2D eigenvalue weighted by Crippen LogP contribution is 2.23. The third-order valence-electron chi connectivity index (χ3n) is 3.30. The van der Waals surface area contributed by atoms with Gasteiger partial charge < -0.3 is 15.5 Å². The lowest BCUT2D eigenvalue weighted by Gasteiger charge is -2.36. The molecule has 1 aromatic rings. The van der Waals surface area contributed by atoms with Gasteiger partial charge in [0.1, 0.15) is 5.75 Å². The number of hydrogen-bond acceptors (Lipinski definition) is 5. The third-order valence-corrected chi connectivity index (χ3v) is 4.07. The molecule has 0 aromatic heterocycles. The van der Waals surface area contributed by atoms with Crippen LogP contribution in [0.15, 0.2) is 24.3 Å². The maximum absolute atomic E-state index is 11.8. The molecule has 20 heavy (non-hydrogen) atoms. The van der Waals surface area contributed by atoms with Gasteiger partial charge in [0.05, 0.1) is 11.4 Å². The Hall–Kier alpha value is -1.76. The van der Waals surface area contributed by atoms with Crippen LogP contribution in [-0.2, 0) is 14.6 Å². The molecule has 1 saturated heterocycles. The van der Waals surface area contributed by atoms with Crippen molar-refractivity contribution in [3.63, 3.8) is 0 Å². The largest absolute Gasteiger partial charge is 0.397 e. The second-order valence-electron chi connectivity index (χ2n) is 5.00. The van der Waals surface area contributed by atoms with Crippen LogP contribution in [0.4, 0.5) is 11.4 Å². The molecule has 6 nitrogen and oxygen atoms in total. The van der Waals surface area contributed by atoms with Gasteiger partial charge in [0, 0.05) is 32.4 Å². The molecule has 1 aliphatic rings. The van der Waals surface area contributed by atoms with Gasteiger partial charge in [-0.25, -0.2) is 8.42 Å². The Labute approximate surface area is 119 Å². The fraction of sp³-hybridized carbons (Fsp3) is 0.462. The van der Waals surface area contributed by atoms with Crippen molar-refractivity contribution in [3.8, 4) is 0 Å². The molecule has 0 unspecified atom stereocenters. The van der Waals surface area contributed by atoms with E-state index < -0.39 is 15.6 Å². The van der Waals surface area contributed by atoms with Gasteiger partial charge >= 0.3 is 0 Å². The fourth-order valence-electron chi connectivity index (χ4n) is 2.29. The van der Waals surface area contributed by atoms with E-state index in [1.165, 1.54) is 0 Å². The number of sulfone groups is 1. The monoisotopic (exact) mass is 297 g/mol. The number of piperazine rings is 1. The van der Waals surface area contributed by atoms with E-state index in [0.717, 1.165) is 11.9 Å². The van der Waals surface area contributed by atoms with Gasteiger partial charge in [-0.1, -0.05) is 12.1 Å². The van der Waals surface area contributed by atoms with Crippen LogP contribution in [0.5, 0.6) is 0 Å². The summed E-state index contributed by atoms with van der Waals surface area (Å²) in [5.41, 5.74) is 7.60. The SMILES string of the molecule is CS(=O)(=O)CC(=O)N1CCN(c2ccccc2N)CC1. The van der Waals surface area contributed by atoms with E-state index in [2.05, 4.69) is 4.90 Å². The number of para-hydroxylation sites is 2. The Kier molecular flexibility index (Phi) is 4.17. The summed E-state index contributed by atoms with van der Waals surface area (Å²) in [5.74, 6) is -0.742. The first-order valence-corrected chi connectivity index (χ1v) is 8.48. The van der Waals surface area contributed by atoms with Crippen molar-refractivity contribution in [2.75, 3.05) is 48.8 Å². The Morgan fingerprint density at radius 2 is 1.80 bits per heavy atom. The van der Waals surface area contributed by atoms with Crippen LogP contribution < -0.4 is 10.6 Å². The zero-order valence-electron chi connectivity index (χ0n) is 11.4. The summed E-state index contributed by atoms with van der Waals surface area (Å²) in [5, 5.41) is 0. The average Bonchev–Trinajstić information content (AvgIpc) is 2.37. The Bertz CT molecular complexity index is 593. The molecule has 7 heteroatoms. The summed E-state index contributed by atoms with van der Waals surface area (Å²) in [6.07, 6.45) is 1.08. The summed E-state index contributed by atoms with van der Waals surface area (Å²) < 4.78 is 22.3. The molecular weight excluding hydrogens is 278 g/mol. The van der Waals surface area contributed by atoms with Crippen molar-refractivity contribution < 1.29 is 13.2 Å². The van der Waals surface area contributed by atoms with Crippen LogP contribution in [-0.4, -0.2) is 57.4 Å². The molecule has 2 N–H and O–H groups in total. The molecule has 0 bridgehead atoms. The van der Waals surface area contributed by atoms with Gasteiger partial charge in [-0.05, 0) is 12.1 Å². The summed E-state index contributed by atoms with van der Waals surface area (Å²) in [4.78, 5) is 15.5. The highest BCUT2D eigenvalue weighted by molar-refractivity contribution is 7.91. The molecule has 1 amide bonds. The van der Waals surface area contributed by atoms with Gasteiger partial charge in [-0.2, -0.15) is 0 Å². The zero-order chi connectivity index (χ0) is 14.8. The van der Waals surface area contributed by atoms with Crippen molar-refractivity contribution in [2.24, 2.45) is 0 Å². The Balaban J connectivity index is 1.96. The second-order valence-corrected chi connectivity index (χ2v) is 7.14. The van der Waals surface area contributed by atoms with Gasteiger partial charge in [-0.15, -0.1) is 0 Å². The number of anilines is 2. The number of amides is 1. The molecule has 1 aliphatic heterocycles. The molecule has 1 heterocycles. The van der Waals surface area contributed by atoms with E-state index in [4.69, 9.17) is 5.73 Å². The average molecular weight is 297 g/mol. The number of hydrogen-bond donors (Lipinski definition) is 1. The van der Waals surface area contributed by atoms with Crippen LogP contribution in [0, 0.1) is 0 Å². The number of carbonyl (C=O) groups excluding carboxylic acids is 1. The predicted molar refractivity (Wildman–Crippen MR) is 79.4 cm³/mol. The maximum Gasteiger partial charge on any atom is 0.237 e. The van der Waals surface area contributed by atoms with Crippen molar-refractivity contribution in [1.29, 1.82) is 0 Å². The molecule has 2 rings (SSSR count). The predicted octanol–water partition coefficient (Wildman–Crippen LogP) is -0.0380. The highest BCUT2D eigenvalue weighted by atomic mass is 32.2. The smallest absolute Gasteiger partial charge is 0.237 e. The number of nitrogens with zero attached hydrogens (tertiary/aromatic N) is 2. The van der Waals surface area contributed by atoms with Gasteiger partial charge in [0.15, 0.2) is 9.84 Å². The minimum atomic E-state index is -3.27. The topological polar surface area (TPSA) is 83.7 Å². The van der Waals surface area contributed by atoms with Crippen molar-refractivity contribution >= 4 is 27.1 Å². The quantitative estimate of drug-likeness (QED) is 0.792. The molecule has 0 aliphatic carbocycles. The van der Waals surface area contributed by atoms with Crippen LogP contribution in [0.2, 0.25) is 0 Å². The van der Waals surface area contributed by atoms with Crippen LogP contribution in [0.25, 0.3) is 0 Å². The Morgan fingerprint density at radius 3 is 2.35 bits per heavy atom. The number of benzene rings is 1.